The number of aryl methyl sites for hydroxylation is 1. The van der Waals surface area contributed by atoms with Crippen molar-refractivity contribution in [1.82, 2.24) is 19.4 Å². The first kappa shape index (κ1) is 21.8. The van der Waals surface area contributed by atoms with Gasteiger partial charge >= 0.3 is 5.69 Å². The van der Waals surface area contributed by atoms with Crippen molar-refractivity contribution in [2.24, 2.45) is 0 Å². The van der Waals surface area contributed by atoms with Gasteiger partial charge in [-0.1, -0.05) is 35.9 Å². The Bertz CT molecular complexity index is 1150. The fourth-order valence-electron chi connectivity index (χ4n) is 3.30. The van der Waals surface area contributed by atoms with Crippen LogP contribution in [0.15, 0.2) is 58.1 Å². The first-order valence-corrected chi connectivity index (χ1v) is 10.1. The topological polar surface area (TPSA) is 78.4 Å². The number of carbonyl (C=O) groups excluding carboxylic acids is 1. The molecule has 8 heteroatoms. The smallest absolute Gasteiger partial charge is 0.328 e. The number of hydrogen-bond donors (Lipinski definition) is 1. The molecule has 1 N–H and O–H groups in total. The second-order valence-electron chi connectivity index (χ2n) is 7.43. The number of hydrogen-bond acceptors (Lipinski definition) is 4. The predicted octanol–water partition coefficient (Wildman–Crippen LogP) is 2.32. The van der Waals surface area contributed by atoms with E-state index in [0.717, 1.165) is 5.56 Å². The van der Waals surface area contributed by atoms with E-state index >= 15 is 0 Å². The molecule has 0 radical (unpaired) electrons. The molecule has 1 aromatic heterocycles. The highest BCUT2D eigenvalue weighted by Crippen LogP contribution is 2.14. The van der Waals surface area contributed by atoms with Crippen LogP contribution in [-0.2, 0) is 17.9 Å². The number of aromatic amines is 1. The zero-order chi connectivity index (χ0) is 21.7. The Morgan fingerprint density at radius 3 is 2.57 bits per heavy atom. The number of amides is 1. The molecule has 0 fully saturated rings. The highest BCUT2D eigenvalue weighted by molar-refractivity contribution is 6.30. The van der Waals surface area contributed by atoms with Crippen LogP contribution >= 0.6 is 11.6 Å². The Labute approximate surface area is 179 Å². The fraction of sp³-hybridized carbons (Fsp3) is 0.318. The summed E-state index contributed by atoms with van der Waals surface area (Å²) >= 11 is 6.08. The Morgan fingerprint density at radius 1 is 1.07 bits per heavy atom. The normalized spacial score (nSPS) is 11.2. The van der Waals surface area contributed by atoms with Crippen LogP contribution in [0, 0.1) is 0 Å². The lowest BCUT2D eigenvalue weighted by atomic mass is 10.2. The van der Waals surface area contributed by atoms with E-state index in [1.54, 1.807) is 35.2 Å². The van der Waals surface area contributed by atoms with Crippen LogP contribution in [0.5, 0.6) is 0 Å². The summed E-state index contributed by atoms with van der Waals surface area (Å²) in [7, 11) is 3.90. The van der Waals surface area contributed by atoms with E-state index in [0.29, 0.717) is 35.6 Å². The molecule has 7 nitrogen and oxygen atoms in total. The number of aromatic nitrogens is 2. The monoisotopic (exact) mass is 428 g/mol. The molecule has 0 unspecified atom stereocenters. The molecule has 0 spiro atoms. The van der Waals surface area contributed by atoms with E-state index in [-0.39, 0.29) is 18.9 Å². The molecule has 0 saturated heterocycles. The van der Waals surface area contributed by atoms with Gasteiger partial charge in [0.15, 0.2) is 0 Å². The third kappa shape index (κ3) is 5.37. The maximum Gasteiger partial charge on any atom is 0.328 e. The molecule has 0 aliphatic carbocycles. The molecule has 3 rings (SSSR count). The van der Waals surface area contributed by atoms with Gasteiger partial charge in [-0.3, -0.25) is 19.1 Å². The van der Waals surface area contributed by atoms with Gasteiger partial charge in [-0.15, -0.1) is 0 Å². The van der Waals surface area contributed by atoms with Gasteiger partial charge in [-0.25, -0.2) is 4.79 Å². The van der Waals surface area contributed by atoms with Gasteiger partial charge in [0.2, 0.25) is 5.91 Å². The number of halogens is 1. The van der Waals surface area contributed by atoms with Crippen LogP contribution in [0.2, 0.25) is 5.02 Å². The molecule has 0 bridgehead atoms. The first-order valence-electron chi connectivity index (χ1n) is 9.74. The van der Waals surface area contributed by atoms with Crippen LogP contribution in [0.3, 0.4) is 0 Å². The highest BCUT2D eigenvalue weighted by atomic mass is 35.5. The average molecular weight is 429 g/mol. The van der Waals surface area contributed by atoms with Crippen LogP contribution in [0.4, 0.5) is 0 Å². The van der Waals surface area contributed by atoms with Gasteiger partial charge < -0.3 is 9.80 Å². The van der Waals surface area contributed by atoms with Crippen molar-refractivity contribution >= 4 is 28.4 Å². The lowest BCUT2D eigenvalue weighted by Gasteiger charge is -2.25. The van der Waals surface area contributed by atoms with Crippen molar-refractivity contribution in [3.8, 4) is 0 Å². The summed E-state index contributed by atoms with van der Waals surface area (Å²) in [6.45, 7) is 1.89. The predicted molar refractivity (Wildman–Crippen MR) is 119 cm³/mol. The summed E-state index contributed by atoms with van der Waals surface area (Å²) in [6.07, 6.45) is 0.143. The second-order valence-corrected chi connectivity index (χ2v) is 7.86. The lowest BCUT2D eigenvalue weighted by Crippen LogP contribution is -2.37. The molecule has 3 aromatic rings. The van der Waals surface area contributed by atoms with Crippen LogP contribution in [0.1, 0.15) is 12.0 Å². The molecule has 0 saturated carbocycles. The molecule has 0 aliphatic heterocycles. The van der Waals surface area contributed by atoms with Crippen molar-refractivity contribution < 1.29 is 4.79 Å². The number of likely N-dealkylation sites (N-methyl/N-ethyl adjacent to an activating group) is 1. The zero-order valence-electron chi connectivity index (χ0n) is 17.1. The molecule has 0 atom stereocenters. The third-order valence-electron chi connectivity index (χ3n) is 4.89. The van der Waals surface area contributed by atoms with Gasteiger partial charge in [0.05, 0.1) is 10.9 Å². The van der Waals surface area contributed by atoms with Crippen LogP contribution < -0.4 is 11.2 Å². The molecule has 1 amide bonds. The van der Waals surface area contributed by atoms with E-state index < -0.39 is 11.2 Å². The van der Waals surface area contributed by atoms with Crippen molar-refractivity contribution in [3.05, 3.63) is 80.0 Å². The van der Waals surface area contributed by atoms with Crippen molar-refractivity contribution in [3.63, 3.8) is 0 Å². The molecule has 2 aromatic carbocycles. The van der Waals surface area contributed by atoms with Crippen molar-refractivity contribution in [1.29, 1.82) is 0 Å². The van der Waals surface area contributed by atoms with Crippen molar-refractivity contribution in [2.45, 2.75) is 19.5 Å². The average Bonchev–Trinajstić information content (AvgIpc) is 2.70. The lowest BCUT2D eigenvalue weighted by molar-refractivity contribution is -0.132. The fourth-order valence-corrected chi connectivity index (χ4v) is 3.51. The number of rotatable bonds is 8. The zero-order valence-corrected chi connectivity index (χ0v) is 17.9. The van der Waals surface area contributed by atoms with Gasteiger partial charge in [-0.05, 0) is 43.9 Å². The summed E-state index contributed by atoms with van der Waals surface area (Å²) in [5.74, 6) is -0.0704. The van der Waals surface area contributed by atoms with Crippen LogP contribution in [0.25, 0.3) is 10.9 Å². The van der Waals surface area contributed by atoms with Gasteiger partial charge in [0.25, 0.3) is 5.56 Å². The van der Waals surface area contributed by atoms with Crippen LogP contribution in [-0.4, -0.2) is 52.4 Å². The Morgan fingerprint density at radius 2 is 1.83 bits per heavy atom. The van der Waals surface area contributed by atoms with Gasteiger partial charge in [0, 0.05) is 37.6 Å². The Hall–Kier alpha value is -2.90. The second kappa shape index (κ2) is 9.73. The maximum absolute atomic E-state index is 13.0. The number of H-pyrrole nitrogens is 1. The SMILES string of the molecule is CN(C)CCN(Cc1cccc(Cl)c1)C(=O)CCn1c(=O)[nH]c(=O)c2ccccc21. The standard InChI is InChI=1S/C22H25ClN4O3/c1-25(2)12-13-26(15-16-6-5-7-17(23)14-16)20(28)10-11-27-19-9-4-3-8-18(19)21(29)24-22(27)30/h3-9,14H,10-13,15H2,1-2H3,(H,24,29,30). The summed E-state index contributed by atoms with van der Waals surface area (Å²) < 4.78 is 1.44. The number of benzene rings is 2. The molecule has 158 valence electrons. The van der Waals surface area contributed by atoms with E-state index in [2.05, 4.69) is 4.98 Å². The number of para-hydroxylation sites is 1. The molecule has 30 heavy (non-hydrogen) atoms. The number of nitrogens with one attached hydrogen (secondary N) is 1. The van der Waals surface area contributed by atoms with E-state index in [1.807, 2.05) is 37.2 Å². The summed E-state index contributed by atoms with van der Waals surface area (Å²) in [5, 5.41) is 1.05. The number of nitrogens with zero attached hydrogens (tertiary/aromatic N) is 3. The van der Waals surface area contributed by atoms with Gasteiger partial charge in [0.1, 0.15) is 0 Å². The molecular formula is C22H25ClN4O3. The highest BCUT2D eigenvalue weighted by Gasteiger charge is 2.16. The first-order chi connectivity index (χ1) is 14.3. The maximum atomic E-state index is 13.0. The van der Waals surface area contributed by atoms with E-state index in [1.165, 1.54) is 4.57 Å². The summed E-state index contributed by atoms with van der Waals surface area (Å²) in [6, 6.07) is 14.3. The largest absolute Gasteiger partial charge is 0.337 e. The van der Waals surface area contributed by atoms with Crippen molar-refractivity contribution in [2.75, 3.05) is 27.2 Å². The summed E-state index contributed by atoms with van der Waals surface area (Å²) in [5.41, 5.74) is 0.530. The minimum atomic E-state index is -0.513. The molecular weight excluding hydrogens is 404 g/mol. The van der Waals surface area contributed by atoms with E-state index in [4.69, 9.17) is 11.6 Å². The quantitative estimate of drug-likeness (QED) is 0.597. The Balaban J connectivity index is 1.80. The van der Waals surface area contributed by atoms with E-state index in [9.17, 15) is 14.4 Å². The van der Waals surface area contributed by atoms with Gasteiger partial charge in [-0.2, -0.15) is 0 Å². The third-order valence-corrected chi connectivity index (χ3v) is 5.12. The summed E-state index contributed by atoms with van der Waals surface area (Å²) in [4.78, 5) is 43.5. The number of carbonyl (C=O) groups is 1. The minimum Gasteiger partial charge on any atom is -0.337 e. The number of fused-ring (bicyclic) bond motifs is 1. The molecule has 0 aliphatic rings. The molecule has 1 heterocycles. The minimum absolute atomic E-state index is 0.0704. The Kier molecular flexibility index (Phi) is 7.07.